The van der Waals surface area contributed by atoms with Crippen molar-refractivity contribution in [3.8, 4) is 11.4 Å². The molecule has 0 aliphatic heterocycles. The fourth-order valence-electron chi connectivity index (χ4n) is 3.27. The number of pyridine rings is 1. The lowest BCUT2D eigenvalue weighted by Gasteiger charge is -2.15. The number of rotatable bonds is 6. The summed E-state index contributed by atoms with van der Waals surface area (Å²) in [6.45, 7) is 7.30. The summed E-state index contributed by atoms with van der Waals surface area (Å²) in [5.74, 6) is 1.54. The normalized spacial score (nSPS) is 12.8. The van der Waals surface area contributed by atoms with Crippen LogP contribution in [0.1, 0.15) is 31.2 Å². The van der Waals surface area contributed by atoms with Gasteiger partial charge in [-0.05, 0) is 35.6 Å². The van der Waals surface area contributed by atoms with E-state index in [0.29, 0.717) is 12.4 Å². The van der Waals surface area contributed by atoms with Crippen molar-refractivity contribution < 1.29 is 0 Å². The van der Waals surface area contributed by atoms with Crippen molar-refractivity contribution in [1.82, 2.24) is 15.0 Å². The van der Waals surface area contributed by atoms with Gasteiger partial charge in [0.05, 0.1) is 10.2 Å². The first-order chi connectivity index (χ1) is 14.4. The van der Waals surface area contributed by atoms with E-state index in [1.54, 1.807) is 23.7 Å². The summed E-state index contributed by atoms with van der Waals surface area (Å²) in [4.78, 5) is 15.1. The zero-order valence-corrected chi connectivity index (χ0v) is 18.4. The van der Waals surface area contributed by atoms with Crippen LogP contribution in [0.4, 0.5) is 5.82 Å². The quantitative estimate of drug-likeness (QED) is 0.460. The number of thiophene rings is 1. The number of anilines is 1. The molecule has 0 fully saturated rings. The molecule has 0 unspecified atom stereocenters. The molecule has 0 saturated heterocycles. The van der Waals surface area contributed by atoms with Crippen molar-refractivity contribution >= 4 is 27.4 Å². The van der Waals surface area contributed by atoms with Crippen LogP contribution >= 0.6 is 11.3 Å². The summed E-state index contributed by atoms with van der Waals surface area (Å²) in [6, 6.07) is 16.4. The third kappa shape index (κ3) is 4.66. The highest BCUT2D eigenvalue weighted by atomic mass is 32.1. The van der Waals surface area contributed by atoms with Gasteiger partial charge in [-0.15, -0.1) is 11.3 Å². The molecule has 0 saturated carbocycles. The summed E-state index contributed by atoms with van der Waals surface area (Å²) < 4.78 is 1.07. The number of benzene rings is 1. The first-order valence-corrected chi connectivity index (χ1v) is 11.0. The Kier molecular flexibility index (Phi) is 5.79. The van der Waals surface area contributed by atoms with Crippen molar-refractivity contribution in [3.05, 3.63) is 71.4 Å². The van der Waals surface area contributed by atoms with E-state index in [4.69, 9.17) is 15.7 Å². The molecule has 154 valence electrons. The lowest BCUT2D eigenvalue weighted by Crippen LogP contribution is -2.31. The van der Waals surface area contributed by atoms with Gasteiger partial charge in [-0.2, -0.15) is 0 Å². The van der Waals surface area contributed by atoms with Crippen LogP contribution in [-0.4, -0.2) is 27.5 Å². The SMILES string of the molecule is CC(C)(C)c1cc2nc(-c3ccncc3)nc(NC[C@@H](N)Cc3ccccc3)c2s1. The maximum absolute atomic E-state index is 6.41. The molecule has 6 heteroatoms. The number of aromatic nitrogens is 3. The van der Waals surface area contributed by atoms with Gasteiger partial charge in [0.25, 0.3) is 0 Å². The smallest absolute Gasteiger partial charge is 0.162 e. The Morgan fingerprint density at radius 2 is 1.77 bits per heavy atom. The molecule has 4 rings (SSSR count). The molecule has 0 spiro atoms. The van der Waals surface area contributed by atoms with Crippen LogP contribution in [0.15, 0.2) is 60.9 Å². The Morgan fingerprint density at radius 3 is 2.47 bits per heavy atom. The highest BCUT2D eigenvalue weighted by Crippen LogP contribution is 2.37. The van der Waals surface area contributed by atoms with E-state index >= 15 is 0 Å². The Balaban J connectivity index is 1.65. The lowest BCUT2D eigenvalue weighted by atomic mass is 9.95. The van der Waals surface area contributed by atoms with Gasteiger partial charge in [0, 0.05) is 35.4 Å². The number of nitrogens with two attached hydrogens (primary N) is 1. The van der Waals surface area contributed by atoms with Crippen molar-refractivity contribution in [2.75, 3.05) is 11.9 Å². The molecule has 3 aromatic heterocycles. The minimum absolute atomic E-state index is 0.0103. The van der Waals surface area contributed by atoms with Gasteiger partial charge in [-0.25, -0.2) is 9.97 Å². The zero-order valence-electron chi connectivity index (χ0n) is 17.6. The second kappa shape index (κ2) is 8.50. The standard InChI is InChI=1S/C24H27N5S/c1-24(2,3)20-14-19-21(30-20)23(29-22(28-19)17-9-11-26-12-10-17)27-15-18(25)13-16-7-5-4-6-8-16/h4-12,14,18H,13,15,25H2,1-3H3,(H,27,28,29)/t18-/m0/s1. The molecule has 0 bridgehead atoms. The van der Waals surface area contributed by atoms with Crippen LogP contribution in [0.3, 0.4) is 0 Å². The van der Waals surface area contributed by atoms with Crippen LogP contribution in [0.25, 0.3) is 21.6 Å². The summed E-state index contributed by atoms with van der Waals surface area (Å²) in [5, 5.41) is 3.50. The van der Waals surface area contributed by atoms with Crippen LogP contribution in [-0.2, 0) is 11.8 Å². The van der Waals surface area contributed by atoms with Gasteiger partial charge in [0.15, 0.2) is 5.82 Å². The van der Waals surface area contributed by atoms with E-state index in [1.165, 1.54) is 10.4 Å². The Bertz CT molecular complexity index is 1120. The maximum Gasteiger partial charge on any atom is 0.162 e. The molecule has 3 N–H and O–H groups in total. The van der Waals surface area contributed by atoms with Crippen molar-refractivity contribution in [2.45, 2.75) is 38.6 Å². The summed E-state index contributed by atoms with van der Waals surface area (Å²) >= 11 is 1.75. The van der Waals surface area contributed by atoms with Crippen molar-refractivity contribution in [3.63, 3.8) is 0 Å². The number of nitrogens with one attached hydrogen (secondary N) is 1. The molecule has 30 heavy (non-hydrogen) atoms. The van der Waals surface area contributed by atoms with E-state index in [0.717, 1.165) is 28.0 Å². The number of hydrogen-bond donors (Lipinski definition) is 2. The highest BCUT2D eigenvalue weighted by molar-refractivity contribution is 7.19. The van der Waals surface area contributed by atoms with Gasteiger partial charge in [-0.1, -0.05) is 51.1 Å². The Morgan fingerprint density at radius 1 is 1.03 bits per heavy atom. The van der Waals surface area contributed by atoms with Crippen LogP contribution in [0, 0.1) is 0 Å². The molecular formula is C24H27N5S. The average Bonchev–Trinajstić information content (AvgIpc) is 3.18. The first kappa shape index (κ1) is 20.4. The number of fused-ring (bicyclic) bond motifs is 1. The molecule has 1 atom stereocenters. The molecule has 4 aromatic rings. The fraction of sp³-hybridized carbons (Fsp3) is 0.292. The number of hydrogen-bond acceptors (Lipinski definition) is 6. The van der Waals surface area contributed by atoms with Gasteiger partial charge >= 0.3 is 0 Å². The predicted octanol–water partition coefficient (Wildman–Crippen LogP) is 5.03. The molecule has 1 aromatic carbocycles. The number of nitrogens with zero attached hydrogens (tertiary/aromatic N) is 3. The highest BCUT2D eigenvalue weighted by Gasteiger charge is 2.20. The Labute approximate surface area is 181 Å². The average molecular weight is 418 g/mol. The molecule has 3 heterocycles. The second-order valence-corrected chi connectivity index (χ2v) is 9.59. The molecular weight excluding hydrogens is 390 g/mol. The monoisotopic (exact) mass is 417 g/mol. The van der Waals surface area contributed by atoms with E-state index in [-0.39, 0.29) is 11.5 Å². The van der Waals surface area contributed by atoms with E-state index in [9.17, 15) is 0 Å². The van der Waals surface area contributed by atoms with Crippen LogP contribution in [0.2, 0.25) is 0 Å². The zero-order chi connectivity index (χ0) is 21.1. The van der Waals surface area contributed by atoms with Crippen LogP contribution in [0.5, 0.6) is 0 Å². The van der Waals surface area contributed by atoms with Crippen molar-refractivity contribution in [1.29, 1.82) is 0 Å². The first-order valence-electron chi connectivity index (χ1n) is 10.2. The maximum atomic E-state index is 6.41. The predicted molar refractivity (Wildman–Crippen MR) is 126 cm³/mol. The van der Waals surface area contributed by atoms with E-state index in [2.05, 4.69) is 49.3 Å². The largest absolute Gasteiger partial charge is 0.367 e. The molecule has 0 aliphatic rings. The minimum atomic E-state index is -0.0103. The van der Waals surface area contributed by atoms with Gasteiger partial charge in [0.2, 0.25) is 0 Å². The third-order valence-corrected chi connectivity index (χ3v) is 6.48. The van der Waals surface area contributed by atoms with E-state index < -0.39 is 0 Å². The van der Waals surface area contributed by atoms with Crippen LogP contribution < -0.4 is 11.1 Å². The Hall–Kier alpha value is -2.83. The molecule has 0 radical (unpaired) electrons. The molecule has 0 aliphatic carbocycles. The topological polar surface area (TPSA) is 76.7 Å². The van der Waals surface area contributed by atoms with Gasteiger partial charge in [0.1, 0.15) is 5.82 Å². The van der Waals surface area contributed by atoms with E-state index in [1.807, 2.05) is 30.3 Å². The van der Waals surface area contributed by atoms with Gasteiger partial charge < -0.3 is 11.1 Å². The summed E-state index contributed by atoms with van der Waals surface area (Å²) in [7, 11) is 0. The summed E-state index contributed by atoms with van der Waals surface area (Å²) in [6.07, 6.45) is 4.34. The molecule has 0 amide bonds. The summed E-state index contributed by atoms with van der Waals surface area (Å²) in [5.41, 5.74) is 9.62. The van der Waals surface area contributed by atoms with Gasteiger partial charge in [-0.3, -0.25) is 4.98 Å². The van der Waals surface area contributed by atoms with Crippen molar-refractivity contribution in [2.24, 2.45) is 5.73 Å². The second-order valence-electron chi connectivity index (χ2n) is 8.54. The lowest BCUT2D eigenvalue weighted by molar-refractivity contribution is 0.604. The third-order valence-electron chi connectivity index (χ3n) is 4.92. The fourth-order valence-corrected chi connectivity index (χ4v) is 4.39. The minimum Gasteiger partial charge on any atom is -0.367 e. The molecule has 5 nitrogen and oxygen atoms in total.